The molecule has 0 amide bonds. The zero-order valence-electron chi connectivity index (χ0n) is 10.3. The van der Waals surface area contributed by atoms with Crippen LogP contribution in [0.25, 0.3) is 0 Å². The summed E-state index contributed by atoms with van der Waals surface area (Å²) in [4.78, 5) is 8.43. The van der Waals surface area contributed by atoms with Crippen LogP contribution in [-0.2, 0) is 13.0 Å². The minimum atomic E-state index is -0.251. The lowest BCUT2D eigenvalue weighted by molar-refractivity contribution is 0.501. The lowest BCUT2D eigenvalue weighted by atomic mass is 10.1. The van der Waals surface area contributed by atoms with Gasteiger partial charge >= 0.3 is 0 Å². The predicted molar refractivity (Wildman–Crippen MR) is 73.7 cm³/mol. The Balaban J connectivity index is 2.25. The van der Waals surface area contributed by atoms with Crippen LogP contribution in [-0.4, -0.2) is 19.7 Å². The standard InChI is InChI=1S/C11H14Cl2N6/c1-2-19-10(16-6-17-19)4-9(18-14)11-8(13)3-7(12)5-15-11/h3,5-6,9,18H,2,4,14H2,1H3. The molecule has 6 nitrogen and oxygen atoms in total. The Bertz CT molecular complexity index is 556. The lowest BCUT2D eigenvalue weighted by Crippen LogP contribution is -2.31. The fourth-order valence-corrected chi connectivity index (χ4v) is 2.32. The van der Waals surface area contributed by atoms with Crippen molar-refractivity contribution < 1.29 is 0 Å². The van der Waals surface area contributed by atoms with Crippen molar-refractivity contribution in [3.8, 4) is 0 Å². The molecule has 2 heterocycles. The van der Waals surface area contributed by atoms with Crippen LogP contribution in [0.5, 0.6) is 0 Å². The van der Waals surface area contributed by atoms with Crippen molar-refractivity contribution in [1.29, 1.82) is 0 Å². The number of rotatable bonds is 5. The summed E-state index contributed by atoms with van der Waals surface area (Å²) in [7, 11) is 0. The molecular weight excluding hydrogens is 287 g/mol. The van der Waals surface area contributed by atoms with Crippen molar-refractivity contribution in [2.75, 3.05) is 0 Å². The van der Waals surface area contributed by atoms with Crippen molar-refractivity contribution in [2.45, 2.75) is 25.9 Å². The maximum Gasteiger partial charge on any atom is 0.138 e. The highest BCUT2D eigenvalue weighted by atomic mass is 35.5. The van der Waals surface area contributed by atoms with E-state index < -0.39 is 0 Å². The normalized spacial score (nSPS) is 12.6. The average molecular weight is 301 g/mol. The van der Waals surface area contributed by atoms with E-state index in [1.165, 1.54) is 12.5 Å². The molecule has 0 aliphatic carbocycles. The van der Waals surface area contributed by atoms with E-state index in [9.17, 15) is 0 Å². The number of pyridine rings is 1. The smallest absolute Gasteiger partial charge is 0.138 e. The van der Waals surface area contributed by atoms with Crippen LogP contribution in [0.15, 0.2) is 18.6 Å². The Morgan fingerprint density at radius 2 is 2.21 bits per heavy atom. The molecule has 0 spiro atoms. The largest absolute Gasteiger partial charge is 0.271 e. The number of hydrogen-bond donors (Lipinski definition) is 2. The van der Waals surface area contributed by atoms with E-state index >= 15 is 0 Å². The number of nitrogens with two attached hydrogens (primary N) is 1. The topological polar surface area (TPSA) is 81.7 Å². The highest BCUT2D eigenvalue weighted by Gasteiger charge is 2.18. The summed E-state index contributed by atoms with van der Waals surface area (Å²) in [6, 6.07) is 1.39. The number of nitrogens with one attached hydrogen (secondary N) is 1. The van der Waals surface area contributed by atoms with Crippen molar-refractivity contribution in [2.24, 2.45) is 5.84 Å². The number of halogens is 2. The Hall–Kier alpha value is -1.21. The fourth-order valence-electron chi connectivity index (χ4n) is 1.81. The summed E-state index contributed by atoms with van der Waals surface area (Å²) in [5.74, 6) is 6.40. The first kappa shape index (κ1) is 14.2. The molecule has 0 aromatic carbocycles. The second kappa shape index (κ2) is 6.29. The molecule has 19 heavy (non-hydrogen) atoms. The van der Waals surface area contributed by atoms with E-state index in [1.807, 2.05) is 6.92 Å². The van der Waals surface area contributed by atoms with Gasteiger partial charge < -0.3 is 0 Å². The summed E-state index contributed by atoms with van der Waals surface area (Å²) in [5.41, 5.74) is 3.34. The minimum Gasteiger partial charge on any atom is -0.271 e. The van der Waals surface area contributed by atoms with Gasteiger partial charge in [0.2, 0.25) is 0 Å². The first-order chi connectivity index (χ1) is 9.15. The summed E-state index contributed by atoms with van der Waals surface area (Å²) in [5, 5.41) is 5.07. The molecule has 0 fully saturated rings. The molecule has 0 aliphatic heterocycles. The Labute approximate surface area is 120 Å². The van der Waals surface area contributed by atoms with Crippen molar-refractivity contribution in [1.82, 2.24) is 25.2 Å². The third kappa shape index (κ3) is 3.22. The number of aromatic nitrogens is 4. The number of hydrogen-bond acceptors (Lipinski definition) is 5. The fraction of sp³-hybridized carbons (Fsp3) is 0.364. The maximum absolute atomic E-state index is 6.13. The van der Waals surface area contributed by atoms with Gasteiger partial charge in [0.25, 0.3) is 0 Å². The molecule has 0 saturated heterocycles. The molecule has 102 valence electrons. The van der Waals surface area contributed by atoms with Crippen LogP contribution >= 0.6 is 23.2 Å². The zero-order chi connectivity index (χ0) is 13.8. The van der Waals surface area contributed by atoms with E-state index in [0.29, 0.717) is 22.2 Å². The Morgan fingerprint density at radius 1 is 1.42 bits per heavy atom. The molecule has 0 radical (unpaired) electrons. The van der Waals surface area contributed by atoms with Crippen LogP contribution < -0.4 is 11.3 Å². The lowest BCUT2D eigenvalue weighted by Gasteiger charge is -2.16. The third-order valence-corrected chi connectivity index (χ3v) is 3.26. The van der Waals surface area contributed by atoms with Gasteiger partial charge in [-0.2, -0.15) is 5.10 Å². The second-order valence-corrected chi connectivity index (χ2v) is 4.78. The SMILES string of the molecule is CCn1ncnc1CC(NN)c1ncc(Cl)cc1Cl. The summed E-state index contributed by atoms with van der Waals surface area (Å²) >= 11 is 12.0. The first-order valence-electron chi connectivity index (χ1n) is 5.79. The van der Waals surface area contributed by atoms with Gasteiger partial charge in [-0.3, -0.25) is 20.9 Å². The van der Waals surface area contributed by atoms with Crippen molar-refractivity contribution in [3.05, 3.63) is 40.2 Å². The van der Waals surface area contributed by atoms with Crippen LogP contribution in [0, 0.1) is 0 Å². The van der Waals surface area contributed by atoms with Gasteiger partial charge in [-0.15, -0.1) is 0 Å². The van der Waals surface area contributed by atoms with Gasteiger partial charge in [0.05, 0.1) is 21.8 Å². The maximum atomic E-state index is 6.13. The van der Waals surface area contributed by atoms with Crippen LogP contribution in [0.4, 0.5) is 0 Å². The highest BCUT2D eigenvalue weighted by molar-refractivity contribution is 6.34. The molecular formula is C11H14Cl2N6. The van der Waals surface area contributed by atoms with Gasteiger partial charge in [-0.05, 0) is 13.0 Å². The van der Waals surface area contributed by atoms with Crippen LogP contribution in [0.3, 0.4) is 0 Å². The first-order valence-corrected chi connectivity index (χ1v) is 6.55. The van der Waals surface area contributed by atoms with Crippen molar-refractivity contribution >= 4 is 23.2 Å². The van der Waals surface area contributed by atoms with E-state index in [4.69, 9.17) is 29.0 Å². The van der Waals surface area contributed by atoms with Gasteiger partial charge in [0.15, 0.2) is 0 Å². The van der Waals surface area contributed by atoms with Gasteiger partial charge in [-0.1, -0.05) is 23.2 Å². The molecule has 2 rings (SSSR count). The molecule has 0 aliphatic rings. The minimum absolute atomic E-state index is 0.251. The molecule has 2 aromatic heterocycles. The number of nitrogens with zero attached hydrogens (tertiary/aromatic N) is 4. The molecule has 2 aromatic rings. The molecule has 0 saturated carbocycles. The Kier molecular flexibility index (Phi) is 4.71. The monoisotopic (exact) mass is 300 g/mol. The zero-order valence-corrected chi connectivity index (χ0v) is 11.9. The molecule has 1 atom stereocenters. The molecule has 8 heteroatoms. The number of hydrazine groups is 1. The third-order valence-electron chi connectivity index (χ3n) is 2.75. The molecule has 0 bridgehead atoms. The van der Waals surface area contributed by atoms with E-state index in [0.717, 1.165) is 12.4 Å². The summed E-state index contributed by atoms with van der Waals surface area (Å²) in [6.07, 6.45) is 3.60. The molecule has 3 N–H and O–H groups in total. The van der Waals surface area contributed by atoms with E-state index in [1.54, 1.807) is 10.7 Å². The summed E-state index contributed by atoms with van der Waals surface area (Å²) < 4.78 is 1.80. The van der Waals surface area contributed by atoms with E-state index in [2.05, 4.69) is 20.5 Å². The average Bonchev–Trinajstić information content (AvgIpc) is 2.84. The van der Waals surface area contributed by atoms with Gasteiger partial charge in [0.1, 0.15) is 12.2 Å². The van der Waals surface area contributed by atoms with Crippen molar-refractivity contribution in [3.63, 3.8) is 0 Å². The second-order valence-electron chi connectivity index (χ2n) is 3.94. The van der Waals surface area contributed by atoms with Gasteiger partial charge in [0, 0.05) is 19.2 Å². The Morgan fingerprint density at radius 3 is 2.84 bits per heavy atom. The van der Waals surface area contributed by atoms with Crippen LogP contribution in [0.1, 0.15) is 24.5 Å². The quantitative estimate of drug-likeness (QED) is 0.649. The van der Waals surface area contributed by atoms with E-state index in [-0.39, 0.29) is 6.04 Å². The van der Waals surface area contributed by atoms with Crippen LogP contribution in [0.2, 0.25) is 10.0 Å². The molecule has 1 unspecified atom stereocenters. The van der Waals surface area contributed by atoms with Gasteiger partial charge in [-0.25, -0.2) is 4.98 Å². The summed E-state index contributed by atoms with van der Waals surface area (Å²) in [6.45, 7) is 2.74. The predicted octanol–water partition coefficient (Wildman–Crippen LogP) is 1.75. The highest BCUT2D eigenvalue weighted by Crippen LogP contribution is 2.25. The number of aryl methyl sites for hydroxylation is 1.